The molecular formula is C19H19N5O. The number of amides is 1. The molecule has 126 valence electrons. The molecule has 1 amide bonds. The molecule has 1 aliphatic rings. The van der Waals surface area contributed by atoms with Gasteiger partial charge in [-0.1, -0.05) is 25.1 Å². The first-order chi connectivity index (χ1) is 12.1. The second-order valence-corrected chi connectivity index (χ2v) is 5.91. The molecule has 0 saturated heterocycles. The van der Waals surface area contributed by atoms with E-state index in [1.54, 1.807) is 21.7 Å². The summed E-state index contributed by atoms with van der Waals surface area (Å²) in [6, 6.07) is 11.5. The lowest BCUT2D eigenvalue weighted by atomic mass is 10.1. The first-order valence-corrected chi connectivity index (χ1v) is 8.17. The minimum absolute atomic E-state index is 0.123. The van der Waals surface area contributed by atoms with Gasteiger partial charge in [0.2, 0.25) is 0 Å². The quantitative estimate of drug-likeness (QED) is 0.637. The predicted molar refractivity (Wildman–Crippen MR) is 98.1 cm³/mol. The van der Waals surface area contributed by atoms with Crippen LogP contribution in [0.15, 0.2) is 40.5 Å². The Morgan fingerprint density at radius 2 is 2.08 bits per heavy atom. The van der Waals surface area contributed by atoms with Crippen molar-refractivity contribution >= 4 is 23.5 Å². The molecule has 2 heterocycles. The zero-order chi connectivity index (χ0) is 18.0. The summed E-state index contributed by atoms with van der Waals surface area (Å²) in [5.74, 6) is -0.123. The van der Waals surface area contributed by atoms with Crippen LogP contribution in [0, 0.1) is 18.3 Å². The average Bonchev–Trinajstić information content (AvgIpc) is 3.05. The van der Waals surface area contributed by atoms with Crippen molar-refractivity contribution in [3.63, 3.8) is 0 Å². The molecule has 0 atom stereocenters. The lowest BCUT2D eigenvalue weighted by Crippen LogP contribution is -2.30. The summed E-state index contributed by atoms with van der Waals surface area (Å²) in [7, 11) is 1.83. The molecule has 1 aliphatic heterocycles. The maximum Gasteiger partial charge on any atom is 0.279 e. The average molecular weight is 333 g/mol. The Hall–Kier alpha value is -3.20. The van der Waals surface area contributed by atoms with Crippen molar-refractivity contribution in [1.29, 1.82) is 5.26 Å². The molecule has 0 aliphatic carbocycles. The van der Waals surface area contributed by atoms with Crippen LogP contribution in [0.5, 0.6) is 0 Å². The smallest absolute Gasteiger partial charge is 0.279 e. The van der Waals surface area contributed by atoms with Gasteiger partial charge in [0.25, 0.3) is 5.91 Å². The van der Waals surface area contributed by atoms with Crippen LogP contribution >= 0.6 is 0 Å². The van der Waals surface area contributed by atoms with Gasteiger partial charge >= 0.3 is 0 Å². The fourth-order valence-corrected chi connectivity index (χ4v) is 2.91. The Kier molecular flexibility index (Phi) is 4.48. The number of fused-ring (bicyclic) bond motifs is 1. The third kappa shape index (κ3) is 2.85. The number of para-hydroxylation sites is 1. The van der Waals surface area contributed by atoms with E-state index in [1.165, 1.54) is 0 Å². The Morgan fingerprint density at radius 3 is 2.76 bits per heavy atom. The van der Waals surface area contributed by atoms with Crippen molar-refractivity contribution in [2.45, 2.75) is 20.3 Å². The highest BCUT2D eigenvalue weighted by atomic mass is 16.2. The SMILES string of the molecule is CCCN1C(=O)/C(=N/N=C\c2cc(C#N)n(C)c2C)c2ccccc21. The molecule has 0 unspecified atom stereocenters. The standard InChI is InChI=1S/C19H19N5O/c1-4-9-24-17-8-6-5-7-16(17)18(19(24)25)22-21-12-14-10-15(11-20)23(3)13(14)2/h5-8,10,12H,4,9H2,1-3H3/b21-12-,22-18+. The van der Waals surface area contributed by atoms with Gasteiger partial charge in [-0.05, 0) is 25.5 Å². The number of nitrogens with zero attached hydrogens (tertiary/aromatic N) is 5. The molecule has 6 nitrogen and oxygen atoms in total. The Labute approximate surface area is 146 Å². The molecule has 25 heavy (non-hydrogen) atoms. The molecule has 3 rings (SSSR count). The number of carbonyl (C=O) groups is 1. The van der Waals surface area contributed by atoms with Gasteiger partial charge < -0.3 is 9.47 Å². The van der Waals surface area contributed by atoms with E-state index >= 15 is 0 Å². The van der Waals surface area contributed by atoms with E-state index in [0.29, 0.717) is 18.0 Å². The summed E-state index contributed by atoms with van der Waals surface area (Å²) in [6.07, 6.45) is 2.46. The molecule has 1 aromatic heterocycles. The maximum atomic E-state index is 12.6. The van der Waals surface area contributed by atoms with Crippen molar-refractivity contribution < 1.29 is 4.79 Å². The van der Waals surface area contributed by atoms with E-state index in [2.05, 4.69) is 16.3 Å². The van der Waals surface area contributed by atoms with Crippen molar-refractivity contribution in [3.8, 4) is 6.07 Å². The van der Waals surface area contributed by atoms with Crippen LogP contribution in [-0.2, 0) is 11.8 Å². The molecule has 0 N–H and O–H groups in total. The highest BCUT2D eigenvalue weighted by molar-refractivity contribution is 6.54. The van der Waals surface area contributed by atoms with Crippen molar-refractivity contribution in [1.82, 2.24) is 4.57 Å². The largest absolute Gasteiger partial charge is 0.339 e. The molecule has 0 spiro atoms. The van der Waals surface area contributed by atoms with Gasteiger partial charge in [-0.25, -0.2) is 0 Å². The molecule has 0 saturated carbocycles. The van der Waals surface area contributed by atoms with Crippen LogP contribution in [-0.4, -0.2) is 28.9 Å². The van der Waals surface area contributed by atoms with Crippen molar-refractivity contribution in [2.75, 3.05) is 11.4 Å². The van der Waals surface area contributed by atoms with Crippen LogP contribution in [0.3, 0.4) is 0 Å². The number of rotatable bonds is 4. The van der Waals surface area contributed by atoms with Gasteiger partial charge in [-0.3, -0.25) is 4.79 Å². The van der Waals surface area contributed by atoms with Gasteiger partial charge in [0.05, 0.1) is 11.9 Å². The van der Waals surface area contributed by atoms with Crippen LogP contribution < -0.4 is 4.90 Å². The lowest BCUT2D eigenvalue weighted by molar-refractivity contribution is -0.112. The summed E-state index contributed by atoms with van der Waals surface area (Å²) < 4.78 is 1.80. The fraction of sp³-hybridized carbons (Fsp3) is 0.263. The number of hydrogen-bond acceptors (Lipinski definition) is 4. The van der Waals surface area contributed by atoms with Crippen molar-refractivity contribution in [2.24, 2.45) is 17.3 Å². The minimum atomic E-state index is -0.123. The number of hydrogen-bond donors (Lipinski definition) is 0. The summed E-state index contributed by atoms with van der Waals surface area (Å²) >= 11 is 0. The fourth-order valence-electron chi connectivity index (χ4n) is 2.91. The maximum absolute atomic E-state index is 12.6. The zero-order valence-electron chi connectivity index (χ0n) is 14.5. The lowest BCUT2D eigenvalue weighted by Gasteiger charge is -2.14. The van der Waals surface area contributed by atoms with Gasteiger partial charge in [0, 0.05) is 30.4 Å². The molecule has 0 bridgehead atoms. The normalized spacial score (nSPS) is 15.2. The van der Waals surface area contributed by atoms with E-state index in [4.69, 9.17) is 5.26 Å². The van der Waals surface area contributed by atoms with Crippen LogP contribution in [0.25, 0.3) is 0 Å². The van der Waals surface area contributed by atoms with Crippen LogP contribution in [0.4, 0.5) is 5.69 Å². The molecule has 0 radical (unpaired) electrons. The number of benzene rings is 1. The Morgan fingerprint density at radius 1 is 1.32 bits per heavy atom. The topological polar surface area (TPSA) is 73.8 Å². The predicted octanol–water partition coefficient (Wildman–Crippen LogP) is 2.79. The van der Waals surface area contributed by atoms with E-state index in [0.717, 1.165) is 28.9 Å². The first-order valence-electron chi connectivity index (χ1n) is 8.17. The summed E-state index contributed by atoms with van der Waals surface area (Å²) in [5.41, 5.74) is 4.34. The van der Waals surface area contributed by atoms with Gasteiger partial charge in [0.15, 0.2) is 5.71 Å². The van der Waals surface area contributed by atoms with E-state index in [9.17, 15) is 4.79 Å². The highest BCUT2D eigenvalue weighted by Crippen LogP contribution is 2.29. The monoisotopic (exact) mass is 333 g/mol. The Balaban J connectivity index is 1.94. The second kappa shape index (κ2) is 6.73. The molecule has 2 aromatic rings. The van der Waals surface area contributed by atoms with E-state index in [1.807, 2.05) is 45.2 Å². The number of carbonyl (C=O) groups excluding carboxylic acids is 1. The van der Waals surface area contributed by atoms with Crippen LogP contribution in [0.2, 0.25) is 0 Å². The van der Waals surface area contributed by atoms with Crippen LogP contribution in [0.1, 0.15) is 35.9 Å². The van der Waals surface area contributed by atoms with Crippen molar-refractivity contribution in [3.05, 3.63) is 52.8 Å². The Bertz CT molecular complexity index is 930. The molecular weight excluding hydrogens is 314 g/mol. The molecule has 0 fully saturated rings. The molecule has 1 aromatic carbocycles. The first kappa shape index (κ1) is 16.7. The summed E-state index contributed by atoms with van der Waals surface area (Å²) in [4.78, 5) is 14.4. The number of nitriles is 1. The third-order valence-corrected chi connectivity index (χ3v) is 4.39. The minimum Gasteiger partial charge on any atom is -0.339 e. The van der Waals surface area contributed by atoms with Gasteiger partial charge in [-0.15, -0.1) is 5.10 Å². The summed E-state index contributed by atoms with van der Waals surface area (Å²) in [6.45, 7) is 4.60. The zero-order valence-corrected chi connectivity index (χ0v) is 14.5. The van der Waals surface area contributed by atoms with E-state index < -0.39 is 0 Å². The third-order valence-electron chi connectivity index (χ3n) is 4.39. The van der Waals surface area contributed by atoms with Gasteiger partial charge in [0.1, 0.15) is 11.8 Å². The second-order valence-electron chi connectivity index (χ2n) is 5.91. The molecule has 6 heteroatoms. The van der Waals surface area contributed by atoms with Gasteiger partial charge in [-0.2, -0.15) is 10.4 Å². The number of anilines is 1. The summed E-state index contributed by atoms with van der Waals surface area (Å²) in [5, 5.41) is 17.4. The van der Waals surface area contributed by atoms with E-state index in [-0.39, 0.29) is 5.91 Å². The number of aromatic nitrogens is 1. The highest BCUT2D eigenvalue weighted by Gasteiger charge is 2.33.